The van der Waals surface area contributed by atoms with Crippen LogP contribution in [0.5, 0.6) is 11.5 Å². The van der Waals surface area contributed by atoms with Crippen molar-refractivity contribution in [3.05, 3.63) is 95.6 Å². The van der Waals surface area contributed by atoms with Crippen LogP contribution in [0.25, 0.3) is 0 Å². The van der Waals surface area contributed by atoms with E-state index in [0.717, 1.165) is 16.7 Å². The van der Waals surface area contributed by atoms with E-state index in [2.05, 4.69) is 0 Å². The highest BCUT2D eigenvalue weighted by Gasteiger charge is 2.51. The molecule has 1 heterocycles. The van der Waals surface area contributed by atoms with E-state index in [-0.39, 0.29) is 5.54 Å². The second-order valence-corrected chi connectivity index (χ2v) is 7.97. The van der Waals surface area contributed by atoms with Gasteiger partial charge >= 0.3 is 5.79 Å². The van der Waals surface area contributed by atoms with Crippen LogP contribution in [0.1, 0.15) is 37.5 Å². The van der Waals surface area contributed by atoms with E-state index in [9.17, 15) is 0 Å². The van der Waals surface area contributed by atoms with Gasteiger partial charge in [-0.15, -0.1) is 0 Å². The van der Waals surface area contributed by atoms with Gasteiger partial charge in [-0.05, 0) is 45.0 Å². The van der Waals surface area contributed by atoms with Crippen molar-refractivity contribution in [3.63, 3.8) is 0 Å². The zero-order valence-electron chi connectivity index (χ0n) is 17.2. The number of aliphatic imine (C=N–C) groups is 1. The normalized spacial score (nSPS) is 19.5. The summed E-state index contributed by atoms with van der Waals surface area (Å²) in [6.07, 6.45) is 0. The van der Waals surface area contributed by atoms with Gasteiger partial charge in [0, 0.05) is 5.56 Å². The average Bonchev–Trinajstić information content (AvgIpc) is 3.02. The summed E-state index contributed by atoms with van der Waals surface area (Å²) in [5, 5.41) is 0. The van der Waals surface area contributed by atoms with Gasteiger partial charge in [-0.2, -0.15) is 0 Å². The number of rotatable bonds is 4. The van der Waals surface area contributed by atoms with E-state index >= 15 is 0 Å². The van der Waals surface area contributed by atoms with Crippen LogP contribution in [-0.2, 0) is 10.5 Å². The van der Waals surface area contributed by atoms with Crippen LogP contribution in [0, 0.1) is 0 Å². The number of methoxy groups -OCH3 is 1. The van der Waals surface area contributed by atoms with Crippen molar-refractivity contribution in [3.8, 4) is 11.5 Å². The minimum atomic E-state index is -1.20. The topological polar surface area (TPSA) is 40.0 Å². The molecule has 1 aliphatic rings. The van der Waals surface area contributed by atoms with Gasteiger partial charge in [0.15, 0.2) is 0 Å². The Kier molecular flexibility index (Phi) is 4.79. The summed E-state index contributed by atoms with van der Waals surface area (Å²) in [5.74, 6) is 0.743. The van der Waals surface area contributed by atoms with Crippen molar-refractivity contribution in [2.24, 2.45) is 4.99 Å². The van der Waals surface area contributed by atoms with Crippen LogP contribution < -0.4 is 9.47 Å². The van der Waals surface area contributed by atoms with E-state index in [0.29, 0.717) is 17.4 Å². The second kappa shape index (κ2) is 7.28. The standard InChI is InChI=1S/C25H25NO3/c1-24(2,3)26-23-20-16-11-17-21(27-4)22(20)25(29-23,18-12-7-5-8-13-18)28-19-14-9-6-10-15-19/h5-17H,1-4H3. The summed E-state index contributed by atoms with van der Waals surface area (Å²) in [5.41, 5.74) is 2.25. The highest BCUT2D eigenvalue weighted by Crippen LogP contribution is 2.48. The molecule has 1 unspecified atom stereocenters. The summed E-state index contributed by atoms with van der Waals surface area (Å²) in [6, 6.07) is 25.5. The van der Waals surface area contributed by atoms with Crippen LogP contribution in [0.3, 0.4) is 0 Å². The van der Waals surface area contributed by atoms with Crippen molar-refractivity contribution < 1.29 is 14.2 Å². The molecule has 1 aliphatic heterocycles. The maximum Gasteiger partial charge on any atom is 0.311 e. The predicted octanol–water partition coefficient (Wildman–Crippen LogP) is 5.55. The first-order valence-corrected chi connectivity index (χ1v) is 9.69. The molecule has 4 nitrogen and oxygen atoms in total. The Balaban J connectivity index is 2.00. The molecule has 0 aromatic heterocycles. The molecule has 0 N–H and O–H groups in total. The van der Waals surface area contributed by atoms with Crippen LogP contribution in [0.2, 0.25) is 0 Å². The average molecular weight is 387 g/mol. The Bertz CT molecular complexity index is 1020. The van der Waals surface area contributed by atoms with Gasteiger partial charge in [0.25, 0.3) is 0 Å². The van der Waals surface area contributed by atoms with Gasteiger partial charge in [-0.3, -0.25) is 0 Å². The first-order chi connectivity index (χ1) is 13.9. The third-order valence-electron chi connectivity index (χ3n) is 4.64. The number of para-hydroxylation sites is 1. The van der Waals surface area contributed by atoms with Crippen LogP contribution in [0.4, 0.5) is 0 Å². The number of hydrogen-bond donors (Lipinski definition) is 0. The molecule has 0 amide bonds. The summed E-state index contributed by atoms with van der Waals surface area (Å²) >= 11 is 0. The first kappa shape index (κ1) is 19.1. The molecule has 0 saturated carbocycles. The number of nitrogens with zero attached hydrogens (tertiary/aromatic N) is 1. The van der Waals surface area contributed by atoms with Gasteiger partial charge in [0.05, 0.1) is 23.8 Å². The highest BCUT2D eigenvalue weighted by atomic mass is 16.7. The zero-order valence-corrected chi connectivity index (χ0v) is 17.2. The molecule has 0 aliphatic carbocycles. The largest absolute Gasteiger partial charge is 0.496 e. The van der Waals surface area contributed by atoms with Gasteiger partial charge in [0.1, 0.15) is 11.5 Å². The summed E-state index contributed by atoms with van der Waals surface area (Å²) < 4.78 is 18.9. The predicted molar refractivity (Wildman–Crippen MR) is 115 cm³/mol. The molecule has 0 bridgehead atoms. The van der Waals surface area contributed by atoms with Crippen molar-refractivity contribution in [2.45, 2.75) is 32.1 Å². The number of benzene rings is 3. The van der Waals surface area contributed by atoms with Crippen molar-refractivity contribution >= 4 is 5.90 Å². The van der Waals surface area contributed by atoms with E-state index in [1.165, 1.54) is 0 Å². The number of hydrogen-bond acceptors (Lipinski definition) is 4. The second-order valence-electron chi connectivity index (χ2n) is 7.97. The molecule has 0 spiro atoms. The van der Waals surface area contributed by atoms with Gasteiger partial charge < -0.3 is 14.2 Å². The zero-order chi connectivity index (χ0) is 20.5. The van der Waals surface area contributed by atoms with Gasteiger partial charge in [-0.25, -0.2) is 4.99 Å². The van der Waals surface area contributed by atoms with Crippen molar-refractivity contribution in [2.75, 3.05) is 7.11 Å². The van der Waals surface area contributed by atoms with E-state index in [1.54, 1.807) is 7.11 Å². The Morgan fingerprint density at radius 2 is 1.48 bits per heavy atom. The first-order valence-electron chi connectivity index (χ1n) is 9.69. The third kappa shape index (κ3) is 3.58. The van der Waals surface area contributed by atoms with Gasteiger partial charge in [-0.1, -0.05) is 54.6 Å². The molecule has 29 heavy (non-hydrogen) atoms. The van der Waals surface area contributed by atoms with Crippen molar-refractivity contribution in [1.82, 2.24) is 0 Å². The third-order valence-corrected chi connectivity index (χ3v) is 4.64. The Labute approximate surface area is 171 Å². The van der Waals surface area contributed by atoms with Crippen molar-refractivity contribution in [1.29, 1.82) is 0 Å². The number of ether oxygens (including phenoxy) is 3. The number of fused-ring (bicyclic) bond motifs is 1. The Hall–Kier alpha value is -3.27. The molecule has 0 saturated heterocycles. The Morgan fingerprint density at radius 1 is 0.828 bits per heavy atom. The summed E-state index contributed by atoms with van der Waals surface area (Å²) in [4.78, 5) is 4.85. The summed E-state index contributed by atoms with van der Waals surface area (Å²) in [7, 11) is 1.66. The monoisotopic (exact) mass is 387 g/mol. The lowest BCUT2D eigenvalue weighted by Gasteiger charge is -2.31. The fourth-order valence-corrected chi connectivity index (χ4v) is 3.49. The molecule has 0 fully saturated rings. The Morgan fingerprint density at radius 3 is 2.10 bits per heavy atom. The molecule has 3 aromatic carbocycles. The molecular formula is C25H25NO3. The molecule has 3 aromatic rings. The fraction of sp³-hybridized carbons (Fsp3) is 0.240. The summed E-state index contributed by atoms with van der Waals surface area (Å²) in [6.45, 7) is 6.14. The lowest BCUT2D eigenvalue weighted by atomic mass is 9.94. The van der Waals surface area contributed by atoms with E-state index in [4.69, 9.17) is 19.2 Å². The maximum absolute atomic E-state index is 6.58. The highest BCUT2D eigenvalue weighted by molar-refractivity contribution is 6.00. The van der Waals surface area contributed by atoms with Crippen LogP contribution in [0.15, 0.2) is 83.9 Å². The van der Waals surface area contributed by atoms with E-state index < -0.39 is 5.79 Å². The minimum Gasteiger partial charge on any atom is -0.496 e. The quantitative estimate of drug-likeness (QED) is 0.589. The van der Waals surface area contributed by atoms with Gasteiger partial charge in [0.2, 0.25) is 5.90 Å². The molecule has 1 atom stereocenters. The molecule has 4 rings (SSSR count). The molecule has 148 valence electrons. The molecular weight excluding hydrogens is 362 g/mol. The van der Waals surface area contributed by atoms with E-state index in [1.807, 2.05) is 99.6 Å². The smallest absolute Gasteiger partial charge is 0.311 e. The lowest BCUT2D eigenvalue weighted by molar-refractivity contribution is -0.0861. The lowest BCUT2D eigenvalue weighted by Crippen LogP contribution is -2.35. The fourth-order valence-electron chi connectivity index (χ4n) is 3.49. The maximum atomic E-state index is 6.58. The van der Waals surface area contributed by atoms with Crippen LogP contribution >= 0.6 is 0 Å². The molecule has 0 radical (unpaired) electrons. The minimum absolute atomic E-state index is 0.310. The molecule has 4 heteroatoms. The SMILES string of the molecule is COc1cccc2c1C(Oc1ccccc1)(c1ccccc1)OC2=NC(C)(C)C. The van der Waals surface area contributed by atoms with Crippen LogP contribution in [-0.4, -0.2) is 18.5 Å².